The molecular weight excluding hydrogens is 345 g/mol. The zero-order valence-electron chi connectivity index (χ0n) is 14.6. The van der Waals surface area contributed by atoms with Gasteiger partial charge in [0, 0.05) is 47.2 Å². The van der Waals surface area contributed by atoms with Gasteiger partial charge in [0.2, 0.25) is 0 Å². The molecule has 3 aromatic rings. The van der Waals surface area contributed by atoms with Gasteiger partial charge in [0.05, 0.1) is 0 Å². The molecule has 134 valence electrons. The molecule has 26 heavy (non-hydrogen) atoms. The average Bonchev–Trinajstić information content (AvgIpc) is 3.17. The van der Waals surface area contributed by atoms with E-state index in [4.69, 9.17) is 0 Å². The van der Waals surface area contributed by atoms with Crippen LogP contribution in [0.15, 0.2) is 60.8 Å². The molecule has 1 aliphatic rings. The summed E-state index contributed by atoms with van der Waals surface area (Å²) in [6.45, 7) is 2.90. The van der Waals surface area contributed by atoms with Crippen molar-refractivity contribution in [3.05, 3.63) is 71.5 Å². The Kier molecular flexibility index (Phi) is 5.27. The van der Waals surface area contributed by atoms with Crippen LogP contribution in [0, 0.1) is 5.82 Å². The third kappa shape index (κ3) is 3.94. The number of nitrogens with zero attached hydrogens (tertiary/aromatic N) is 2. The lowest BCUT2D eigenvalue weighted by Gasteiger charge is -2.33. The monoisotopic (exact) mass is 367 g/mol. The number of aromatic nitrogens is 1. The van der Waals surface area contributed by atoms with E-state index in [9.17, 15) is 4.39 Å². The molecule has 3 nitrogen and oxygen atoms in total. The zero-order chi connectivity index (χ0) is 17.8. The second-order valence-electron chi connectivity index (χ2n) is 6.58. The summed E-state index contributed by atoms with van der Waals surface area (Å²) in [6.07, 6.45) is 4.08. The van der Waals surface area contributed by atoms with Crippen LogP contribution < -0.4 is 10.2 Å². The van der Waals surface area contributed by atoms with E-state index >= 15 is 0 Å². The Hall–Kier alpha value is -2.24. The number of rotatable bonds is 5. The van der Waals surface area contributed by atoms with Crippen LogP contribution in [0.3, 0.4) is 0 Å². The van der Waals surface area contributed by atoms with Gasteiger partial charge in [-0.1, -0.05) is 24.3 Å². The second kappa shape index (κ2) is 7.98. The molecule has 0 saturated carbocycles. The van der Waals surface area contributed by atoms with Crippen LogP contribution in [-0.4, -0.2) is 24.1 Å². The van der Waals surface area contributed by atoms with Gasteiger partial charge in [0.1, 0.15) is 11.6 Å². The van der Waals surface area contributed by atoms with Crippen molar-refractivity contribution in [1.82, 2.24) is 10.3 Å². The molecule has 1 aromatic carbocycles. The van der Waals surface area contributed by atoms with Crippen molar-refractivity contribution in [1.29, 1.82) is 0 Å². The van der Waals surface area contributed by atoms with Crippen molar-refractivity contribution >= 4 is 17.2 Å². The van der Waals surface area contributed by atoms with Crippen molar-refractivity contribution < 1.29 is 4.39 Å². The Labute approximate surface area is 157 Å². The maximum atomic E-state index is 13.9. The van der Waals surface area contributed by atoms with Crippen molar-refractivity contribution in [2.24, 2.45) is 0 Å². The molecular formula is C21H22FN3S. The van der Waals surface area contributed by atoms with Crippen molar-refractivity contribution in [3.63, 3.8) is 0 Å². The molecule has 0 aliphatic carbocycles. The van der Waals surface area contributed by atoms with Crippen LogP contribution in [0.25, 0.3) is 10.4 Å². The van der Waals surface area contributed by atoms with Crippen LogP contribution in [0.4, 0.5) is 10.2 Å². The van der Waals surface area contributed by atoms with Crippen molar-refractivity contribution in [2.45, 2.75) is 25.4 Å². The minimum Gasteiger partial charge on any atom is -0.357 e. The van der Waals surface area contributed by atoms with E-state index in [0.717, 1.165) is 43.2 Å². The molecule has 0 atom stereocenters. The lowest BCUT2D eigenvalue weighted by Crippen LogP contribution is -2.42. The highest BCUT2D eigenvalue weighted by atomic mass is 32.1. The molecule has 0 bridgehead atoms. The Balaban J connectivity index is 1.30. The number of halogens is 1. The molecule has 1 fully saturated rings. The molecule has 0 spiro atoms. The van der Waals surface area contributed by atoms with E-state index in [1.54, 1.807) is 17.4 Å². The normalized spacial score (nSPS) is 15.3. The number of anilines is 1. The summed E-state index contributed by atoms with van der Waals surface area (Å²) in [6, 6.07) is 17.7. The van der Waals surface area contributed by atoms with E-state index in [2.05, 4.69) is 27.3 Å². The van der Waals surface area contributed by atoms with Gasteiger partial charge >= 0.3 is 0 Å². The van der Waals surface area contributed by atoms with Crippen LogP contribution in [0.5, 0.6) is 0 Å². The third-order valence-electron chi connectivity index (χ3n) is 4.83. The van der Waals surface area contributed by atoms with Gasteiger partial charge in [-0.3, -0.25) is 0 Å². The van der Waals surface area contributed by atoms with Gasteiger partial charge in [-0.15, -0.1) is 11.3 Å². The predicted octanol–water partition coefficient (Wildman–Crippen LogP) is 4.71. The molecule has 2 aromatic heterocycles. The van der Waals surface area contributed by atoms with E-state index in [0.29, 0.717) is 11.6 Å². The molecule has 1 saturated heterocycles. The summed E-state index contributed by atoms with van der Waals surface area (Å²) < 4.78 is 13.9. The largest absolute Gasteiger partial charge is 0.357 e. The third-order valence-corrected chi connectivity index (χ3v) is 5.95. The number of nitrogens with one attached hydrogen (secondary N) is 1. The Morgan fingerprint density at radius 3 is 2.62 bits per heavy atom. The Morgan fingerprint density at radius 2 is 1.85 bits per heavy atom. The first-order chi connectivity index (χ1) is 12.8. The Bertz CT molecular complexity index is 841. The first-order valence-electron chi connectivity index (χ1n) is 9.02. The maximum absolute atomic E-state index is 13.9. The number of hydrogen-bond acceptors (Lipinski definition) is 4. The summed E-state index contributed by atoms with van der Waals surface area (Å²) in [4.78, 5) is 9.02. The first-order valence-corrected chi connectivity index (χ1v) is 9.84. The van der Waals surface area contributed by atoms with Gasteiger partial charge in [-0.2, -0.15) is 0 Å². The summed E-state index contributed by atoms with van der Waals surface area (Å²) in [5.41, 5.74) is 0.687. The van der Waals surface area contributed by atoms with Crippen LogP contribution in [-0.2, 0) is 6.54 Å². The minimum atomic E-state index is -0.157. The van der Waals surface area contributed by atoms with Gasteiger partial charge in [-0.05, 0) is 43.2 Å². The van der Waals surface area contributed by atoms with Gasteiger partial charge in [-0.25, -0.2) is 9.37 Å². The molecule has 1 aliphatic heterocycles. The number of piperidine rings is 1. The Morgan fingerprint density at radius 1 is 1.04 bits per heavy atom. The number of thiophene rings is 1. The van der Waals surface area contributed by atoms with E-state index < -0.39 is 0 Å². The van der Waals surface area contributed by atoms with Gasteiger partial charge < -0.3 is 10.2 Å². The summed E-state index contributed by atoms with van der Waals surface area (Å²) in [5.74, 6) is 0.912. The number of benzene rings is 1. The number of pyridine rings is 1. The quantitative estimate of drug-likeness (QED) is 0.708. The lowest BCUT2D eigenvalue weighted by molar-refractivity contribution is 0.414. The maximum Gasteiger partial charge on any atom is 0.131 e. The SMILES string of the molecule is Fc1ccccc1-c1ccc(CNC2CCN(c3ccccn3)CC2)s1. The highest BCUT2D eigenvalue weighted by Gasteiger charge is 2.19. The fraction of sp³-hybridized carbons (Fsp3) is 0.286. The summed E-state index contributed by atoms with van der Waals surface area (Å²) in [5, 5.41) is 3.66. The van der Waals surface area contributed by atoms with E-state index in [-0.39, 0.29) is 5.82 Å². The molecule has 0 amide bonds. The summed E-state index contributed by atoms with van der Waals surface area (Å²) >= 11 is 1.66. The first kappa shape index (κ1) is 17.2. The number of hydrogen-bond donors (Lipinski definition) is 1. The fourth-order valence-electron chi connectivity index (χ4n) is 3.38. The topological polar surface area (TPSA) is 28.2 Å². The van der Waals surface area contributed by atoms with Crippen LogP contribution in [0.2, 0.25) is 0 Å². The standard InChI is InChI=1S/C21H22FN3S/c22-19-6-2-1-5-18(19)20-9-8-17(26-20)15-24-16-10-13-25(14-11-16)21-7-3-4-12-23-21/h1-9,12,16,24H,10-11,13-15H2. The summed E-state index contributed by atoms with van der Waals surface area (Å²) in [7, 11) is 0. The molecule has 5 heteroatoms. The van der Waals surface area contributed by atoms with E-state index in [1.165, 1.54) is 10.9 Å². The van der Waals surface area contributed by atoms with Crippen LogP contribution >= 0.6 is 11.3 Å². The van der Waals surface area contributed by atoms with Crippen molar-refractivity contribution in [2.75, 3.05) is 18.0 Å². The van der Waals surface area contributed by atoms with E-state index in [1.807, 2.05) is 36.5 Å². The predicted molar refractivity (Wildman–Crippen MR) is 106 cm³/mol. The molecule has 0 radical (unpaired) electrons. The smallest absolute Gasteiger partial charge is 0.131 e. The lowest BCUT2D eigenvalue weighted by atomic mass is 10.1. The van der Waals surface area contributed by atoms with Crippen molar-refractivity contribution in [3.8, 4) is 10.4 Å². The fourth-order valence-corrected chi connectivity index (χ4v) is 4.36. The average molecular weight is 367 g/mol. The molecule has 1 N–H and O–H groups in total. The highest BCUT2D eigenvalue weighted by molar-refractivity contribution is 7.15. The highest BCUT2D eigenvalue weighted by Crippen LogP contribution is 2.30. The van der Waals surface area contributed by atoms with Gasteiger partial charge in [0.25, 0.3) is 0 Å². The second-order valence-corrected chi connectivity index (χ2v) is 7.74. The molecule has 0 unspecified atom stereocenters. The minimum absolute atomic E-state index is 0.157. The molecule has 3 heterocycles. The zero-order valence-corrected chi connectivity index (χ0v) is 15.4. The molecule has 4 rings (SSSR count). The van der Waals surface area contributed by atoms with Crippen LogP contribution in [0.1, 0.15) is 17.7 Å². The van der Waals surface area contributed by atoms with Gasteiger partial charge in [0.15, 0.2) is 0 Å².